The lowest BCUT2D eigenvalue weighted by atomic mass is 9.99. The molecule has 3 aromatic carbocycles. The number of benzene rings is 3. The van der Waals surface area contributed by atoms with Crippen LogP contribution in [-0.4, -0.2) is 28.6 Å². The van der Waals surface area contributed by atoms with Crippen LogP contribution in [0.4, 0.5) is 0 Å². The van der Waals surface area contributed by atoms with Gasteiger partial charge in [0.05, 0.1) is 17.6 Å². The summed E-state index contributed by atoms with van der Waals surface area (Å²) in [4.78, 5) is 17.3. The molecule has 1 aromatic heterocycles. The molecule has 4 aromatic rings. The van der Waals surface area contributed by atoms with Crippen LogP contribution >= 0.6 is 0 Å². The van der Waals surface area contributed by atoms with E-state index in [1.54, 1.807) is 0 Å². The molecule has 0 bridgehead atoms. The molecule has 1 unspecified atom stereocenters. The van der Waals surface area contributed by atoms with Crippen molar-refractivity contribution in [3.8, 4) is 5.75 Å². The largest absolute Gasteiger partial charge is 0.494 e. The first-order valence-electron chi connectivity index (χ1n) is 14.1. The van der Waals surface area contributed by atoms with E-state index in [1.807, 2.05) is 37.3 Å². The van der Waals surface area contributed by atoms with Crippen molar-refractivity contribution < 1.29 is 9.53 Å². The van der Waals surface area contributed by atoms with Gasteiger partial charge in [-0.15, -0.1) is 0 Å². The molecule has 0 aliphatic carbocycles. The first-order chi connectivity index (χ1) is 18.5. The van der Waals surface area contributed by atoms with Gasteiger partial charge in [-0.1, -0.05) is 62.2 Å². The van der Waals surface area contributed by atoms with Crippen LogP contribution in [0.5, 0.6) is 5.75 Å². The number of rotatable bonds is 14. The van der Waals surface area contributed by atoms with Crippen LogP contribution in [0.15, 0.2) is 72.8 Å². The number of aryl methyl sites for hydroxylation is 3. The Balaban J connectivity index is 1.23. The van der Waals surface area contributed by atoms with Crippen LogP contribution in [-0.2, 0) is 13.0 Å². The number of unbranched alkanes of at least 4 members (excludes halogenated alkanes) is 2. The molecule has 4 rings (SSSR count). The normalized spacial score (nSPS) is 12.0. The van der Waals surface area contributed by atoms with E-state index in [9.17, 15) is 4.79 Å². The zero-order valence-corrected chi connectivity index (χ0v) is 23.1. The predicted molar refractivity (Wildman–Crippen MR) is 156 cm³/mol. The molecule has 200 valence electrons. The van der Waals surface area contributed by atoms with Crippen LogP contribution in [0.3, 0.4) is 0 Å². The summed E-state index contributed by atoms with van der Waals surface area (Å²) < 4.78 is 8.39. The number of hydrogen-bond donors (Lipinski definition) is 1. The molecule has 0 saturated heterocycles. The number of hydrogen-bond acceptors (Lipinski definition) is 3. The Morgan fingerprint density at radius 1 is 0.974 bits per heavy atom. The van der Waals surface area contributed by atoms with Gasteiger partial charge in [0.2, 0.25) is 0 Å². The van der Waals surface area contributed by atoms with Crippen molar-refractivity contribution in [2.24, 2.45) is 0 Å². The summed E-state index contributed by atoms with van der Waals surface area (Å²) in [6, 6.07) is 24.6. The van der Waals surface area contributed by atoms with Gasteiger partial charge in [0.25, 0.3) is 5.91 Å². The minimum absolute atomic E-state index is 0.00386. The van der Waals surface area contributed by atoms with Gasteiger partial charge in [0.15, 0.2) is 0 Å². The summed E-state index contributed by atoms with van der Waals surface area (Å²) in [6.45, 7) is 8.73. The SMILES string of the molecule is CCC(C)c1ccc(OCCCn2c(CCCCCNC(=O)c3cccc(C)c3)nc3ccccc32)cc1. The number of imidazole rings is 1. The zero-order valence-electron chi connectivity index (χ0n) is 23.1. The first-order valence-corrected chi connectivity index (χ1v) is 14.1. The van der Waals surface area contributed by atoms with Gasteiger partial charge in [0, 0.05) is 25.1 Å². The molecule has 0 saturated carbocycles. The molecule has 1 N–H and O–H groups in total. The standard InChI is InChI=1S/C33H41N3O2/c1-4-26(3)27-17-19-29(20-18-27)38-23-11-22-36-31-15-8-7-14-30(31)35-32(36)16-6-5-9-21-34-33(37)28-13-10-12-25(2)24-28/h7-8,10,12-15,17-20,24,26H,4-6,9,11,16,21-23H2,1-3H3,(H,34,37). The Labute approximate surface area is 227 Å². The number of nitrogens with zero attached hydrogens (tertiary/aromatic N) is 2. The molecule has 0 fully saturated rings. The number of aromatic nitrogens is 2. The van der Waals surface area contributed by atoms with E-state index < -0.39 is 0 Å². The van der Waals surface area contributed by atoms with Gasteiger partial charge in [-0.25, -0.2) is 4.98 Å². The van der Waals surface area contributed by atoms with E-state index in [0.29, 0.717) is 19.1 Å². The number of ether oxygens (including phenoxy) is 1. The topological polar surface area (TPSA) is 56.1 Å². The van der Waals surface area contributed by atoms with E-state index in [2.05, 4.69) is 66.2 Å². The van der Waals surface area contributed by atoms with E-state index in [0.717, 1.165) is 73.3 Å². The van der Waals surface area contributed by atoms with Crippen molar-refractivity contribution >= 4 is 16.9 Å². The smallest absolute Gasteiger partial charge is 0.251 e. The summed E-state index contributed by atoms with van der Waals surface area (Å²) in [5, 5.41) is 3.04. The number of para-hydroxylation sites is 2. The molecule has 0 radical (unpaired) electrons. The zero-order chi connectivity index (χ0) is 26.7. The second kappa shape index (κ2) is 13.8. The lowest BCUT2D eigenvalue weighted by Crippen LogP contribution is -2.24. The fraction of sp³-hybridized carbons (Fsp3) is 0.394. The van der Waals surface area contributed by atoms with E-state index in [-0.39, 0.29) is 5.91 Å². The van der Waals surface area contributed by atoms with Crippen molar-refractivity contribution in [1.82, 2.24) is 14.9 Å². The lowest BCUT2D eigenvalue weighted by molar-refractivity contribution is 0.0953. The third kappa shape index (κ3) is 7.47. The van der Waals surface area contributed by atoms with Crippen LogP contribution in [0, 0.1) is 6.92 Å². The number of nitrogens with one attached hydrogen (secondary N) is 1. The second-order valence-corrected chi connectivity index (χ2v) is 10.2. The summed E-state index contributed by atoms with van der Waals surface area (Å²) in [5.74, 6) is 2.65. The average Bonchev–Trinajstić information content (AvgIpc) is 3.30. The van der Waals surface area contributed by atoms with Crippen LogP contribution in [0.25, 0.3) is 11.0 Å². The van der Waals surface area contributed by atoms with Crippen LogP contribution < -0.4 is 10.1 Å². The van der Waals surface area contributed by atoms with Crippen molar-refractivity contribution in [3.05, 3.63) is 95.3 Å². The highest BCUT2D eigenvalue weighted by molar-refractivity contribution is 5.94. The summed E-state index contributed by atoms with van der Waals surface area (Å²) in [6.07, 6.45) is 6.05. The summed E-state index contributed by atoms with van der Waals surface area (Å²) in [7, 11) is 0. The van der Waals surface area contributed by atoms with Crippen molar-refractivity contribution in [2.45, 2.75) is 71.8 Å². The van der Waals surface area contributed by atoms with Gasteiger partial charge < -0.3 is 14.6 Å². The van der Waals surface area contributed by atoms with Crippen LogP contribution in [0.1, 0.15) is 79.2 Å². The number of amides is 1. The molecular formula is C33H41N3O2. The van der Waals surface area contributed by atoms with Crippen molar-refractivity contribution in [3.63, 3.8) is 0 Å². The van der Waals surface area contributed by atoms with Gasteiger partial charge >= 0.3 is 0 Å². The fourth-order valence-corrected chi connectivity index (χ4v) is 4.78. The third-order valence-corrected chi connectivity index (χ3v) is 7.23. The number of carbonyl (C=O) groups is 1. The predicted octanol–water partition coefficient (Wildman–Crippen LogP) is 7.47. The number of carbonyl (C=O) groups excluding carboxylic acids is 1. The minimum Gasteiger partial charge on any atom is -0.494 e. The monoisotopic (exact) mass is 511 g/mol. The maximum Gasteiger partial charge on any atom is 0.251 e. The van der Waals surface area contributed by atoms with Gasteiger partial charge in [-0.05, 0) is 80.5 Å². The Hall–Kier alpha value is -3.60. The molecule has 1 amide bonds. The summed E-state index contributed by atoms with van der Waals surface area (Å²) >= 11 is 0. The lowest BCUT2D eigenvalue weighted by Gasteiger charge is -2.12. The second-order valence-electron chi connectivity index (χ2n) is 10.2. The maximum atomic E-state index is 12.3. The molecule has 0 aliphatic rings. The Kier molecular flexibility index (Phi) is 9.97. The maximum absolute atomic E-state index is 12.3. The molecule has 5 nitrogen and oxygen atoms in total. The summed E-state index contributed by atoms with van der Waals surface area (Å²) in [5.41, 5.74) is 5.43. The van der Waals surface area contributed by atoms with Crippen LogP contribution in [0.2, 0.25) is 0 Å². The van der Waals surface area contributed by atoms with Gasteiger partial charge in [-0.2, -0.15) is 0 Å². The molecule has 5 heteroatoms. The van der Waals surface area contributed by atoms with Crippen molar-refractivity contribution in [1.29, 1.82) is 0 Å². The van der Waals surface area contributed by atoms with E-state index >= 15 is 0 Å². The molecule has 38 heavy (non-hydrogen) atoms. The average molecular weight is 512 g/mol. The first kappa shape index (κ1) is 27.4. The van der Waals surface area contributed by atoms with Crippen molar-refractivity contribution in [2.75, 3.05) is 13.2 Å². The van der Waals surface area contributed by atoms with Gasteiger partial charge in [-0.3, -0.25) is 4.79 Å². The molecule has 0 aliphatic heterocycles. The Morgan fingerprint density at radius 2 is 1.79 bits per heavy atom. The highest BCUT2D eigenvalue weighted by Crippen LogP contribution is 2.22. The highest BCUT2D eigenvalue weighted by atomic mass is 16.5. The highest BCUT2D eigenvalue weighted by Gasteiger charge is 2.11. The molecular weight excluding hydrogens is 470 g/mol. The quantitative estimate of drug-likeness (QED) is 0.179. The molecule has 1 heterocycles. The van der Waals surface area contributed by atoms with E-state index in [4.69, 9.17) is 9.72 Å². The van der Waals surface area contributed by atoms with Gasteiger partial charge in [0.1, 0.15) is 11.6 Å². The fourth-order valence-electron chi connectivity index (χ4n) is 4.78. The Bertz CT molecular complexity index is 1310. The molecule has 1 atom stereocenters. The number of fused-ring (bicyclic) bond motifs is 1. The molecule has 0 spiro atoms. The third-order valence-electron chi connectivity index (χ3n) is 7.23. The minimum atomic E-state index is 0.00386. The van der Waals surface area contributed by atoms with E-state index in [1.165, 1.54) is 11.1 Å². The Morgan fingerprint density at radius 3 is 2.58 bits per heavy atom.